The molecule has 0 amide bonds. The molecular weight excluding hydrogens is 821 g/mol. The molecule has 3 aromatic heterocycles. The molecule has 8 aromatic carbocycles. The van der Waals surface area contributed by atoms with E-state index in [1.165, 1.54) is 0 Å². The highest BCUT2D eigenvalue weighted by Gasteiger charge is 2.37. The number of para-hydroxylation sites is 3. The predicted molar refractivity (Wildman–Crippen MR) is 240 cm³/mol. The van der Waals surface area contributed by atoms with Gasteiger partial charge in [-0.3, -0.25) is 0 Å². The summed E-state index contributed by atoms with van der Waals surface area (Å²) in [6.07, 6.45) is -10.1. The van der Waals surface area contributed by atoms with Crippen molar-refractivity contribution in [2.45, 2.75) is 12.4 Å². The molecule has 0 atom stereocenters. The van der Waals surface area contributed by atoms with E-state index in [0.717, 1.165) is 61.4 Å². The summed E-state index contributed by atoms with van der Waals surface area (Å²) in [6.45, 7) is 0. The Hall–Kier alpha value is -8.05. The first-order valence-corrected chi connectivity index (χ1v) is 20.3. The van der Waals surface area contributed by atoms with Gasteiger partial charge in [-0.25, -0.2) is 15.0 Å². The molecule has 310 valence electrons. The normalized spacial score (nSPS) is 12.2. The van der Waals surface area contributed by atoms with E-state index in [-0.39, 0.29) is 40.2 Å². The van der Waals surface area contributed by atoms with Gasteiger partial charge in [-0.05, 0) is 77.9 Å². The Labute approximate surface area is 361 Å². The zero-order chi connectivity index (χ0) is 43.7. The second-order valence-corrected chi connectivity index (χ2v) is 15.5. The molecule has 0 aliphatic carbocycles. The first-order chi connectivity index (χ1) is 31.0. The molecule has 0 spiro atoms. The first kappa shape index (κ1) is 38.8. The molecule has 0 saturated heterocycles. The third-order valence-electron chi connectivity index (χ3n) is 11.6. The van der Waals surface area contributed by atoms with Crippen molar-refractivity contribution in [1.82, 2.24) is 24.1 Å². The molecule has 3 heterocycles. The highest BCUT2D eigenvalue weighted by Crippen LogP contribution is 2.43. The van der Waals surface area contributed by atoms with Gasteiger partial charge in [-0.15, -0.1) is 0 Å². The van der Waals surface area contributed by atoms with E-state index in [1.807, 2.05) is 120 Å². The molecule has 0 fully saturated rings. The van der Waals surface area contributed by atoms with Crippen LogP contribution < -0.4 is 0 Å². The van der Waals surface area contributed by atoms with Crippen LogP contribution in [0.4, 0.5) is 26.3 Å². The predicted octanol–water partition coefficient (Wildman–Crippen LogP) is 14.8. The van der Waals surface area contributed by atoms with Crippen molar-refractivity contribution >= 4 is 43.6 Å². The molecule has 0 bridgehead atoms. The van der Waals surface area contributed by atoms with E-state index in [1.54, 1.807) is 18.2 Å². The average Bonchev–Trinajstić information content (AvgIpc) is 3.84. The molecule has 11 aromatic rings. The van der Waals surface area contributed by atoms with Crippen molar-refractivity contribution in [1.29, 1.82) is 0 Å². The molecule has 0 saturated carbocycles. The first-order valence-electron chi connectivity index (χ1n) is 20.3. The smallest absolute Gasteiger partial charge is 0.309 e. The van der Waals surface area contributed by atoms with Crippen molar-refractivity contribution in [3.8, 4) is 56.7 Å². The van der Waals surface area contributed by atoms with Crippen LogP contribution in [0.5, 0.6) is 0 Å². The van der Waals surface area contributed by atoms with Gasteiger partial charge < -0.3 is 9.13 Å². The Morgan fingerprint density at radius 2 is 0.719 bits per heavy atom. The van der Waals surface area contributed by atoms with Crippen molar-refractivity contribution in [2.75, 3.05) is 0 Å². The summed E-state index contributed by atoms with van der Waals surface area (Å²) >= 11 is 0. The monoisotopic (exact) mass is 851 g/mol. The number of benzene rings is 8. The fourth-order valence-electron chi connectivity index (χ4n) is 8.73. The Morgan fingerprint density at radius 3 is 1.22 bits per heavy atom. The number of hydrogen-bond acceptors (Lipinski definition) is 3. The van der Waals surface area contributed by atoms with Crippen molar-refractivity contribution < 1.29 is 26.3 Å². The van der Waals surface area contributed by atoms with Crippen molar-refractivity contribution in [3.63, 3.8) is 0 Å². The second-order valence-electron chi connectivity index (χ2n) is 15.5. The molecule has 0 aliphatic heterocycles. The Kier molecular flexibility index (Phi) is 8.98. The molecule has 64 heavy (non-hydrogen) atoms. The number of alkyl halides is 6. The lowest BCUT2D eigenvalue weighted by Gasteiger charge is -2.18. The van der Waals surface area contributed by atoms with Crippen LogP contribution in [0, 0.1) is 0 Å². The van der Waals surface area contributed by atoms with E-state index >= 15 is 0 Å². The van der Waals surface area contributed by atoms with Gasteiger partial charge in [0.25, 0.3) is 0 Å². The maximum Gasteiger partial charge on any atom is 0.416 e. The number of halogens is 6. The van der Waals surface area contributed by atoms with Crippen LogP contribution in [0.25, 0.3) is 100 Å². The Bertz CT molecular complexity index is 3450. The minimum atomic E-state index is -5.06. The SMILES string of the molecule is FC(F)(F)c1cc(-c2ccc(-n3c4ccccc4c4cc(-n5c6ccccc6c6ccccc65)ccc43)cc2-c2nc(-c3ccccc3)nc(-c3ccccc3)n2)cc(C(F)(F)F)c1. The fourth-order valence-corrected chi connectivity index (χ4v) is 8.73. The Balaban J connectivity index is 1.18. The lowest BCUT2D eigenvalue weighted by molar-refractivity contribution is -0.143. The van der Waals surface area contributed by atoms with E-state index in [4.69, 9.17) is 15.0 Å². The molecule has 0 radical (unpaired) electrons. The molecule has 11 heteroatoms. The molecule has 0 N–H and O–H groups in total. The molecular formula is C53H31F6N5. The molecule has 11 rings (SSSR count). The quantitative estimate of drug-likeness (QED) is 0.157. The lowest BCUT2D eigenvalue weighted by Crippen LogP contribution is -2.11. The van der Waals surface area contributed by atoms with Crippen molar-refractivity contribution in [2.24, 2.45) is 0 Å². The van der Waals surface area contributed by atoms with Gasteiger partial charge in [0.2, 0.25) is 0 Å². The number of rotatable bonds is 6. The highest BCUT2D eigenvalue weighted by atomic mass is 19.4. The van der Waals surface area contributed by atoms with Crippen LogP contribution in [-0.2, 0) is 12.4 Å². The highest BCUT2D eigenvalue weighted by molar-refractivity contribution is 6.12. The van der Waals surface area contributed by atoms with Gasteiger partial charge in [0.05, 0.1) is 33.2 Å². The van der Waals surface area contributed by atoms with Gasteiger partial charge in [0.15, 0.2) is 17.5 Å². The summed E-state index contributed by atoms with van der Waals surface area (Å²) in [7, 11) is 0. The fraction of sp³-hybridized carbons (Fsp3) is 0.0377. The van der Waals surface area contributed by atoms with Gasteiger partial charge >= 0.3 is 12.4 Å². The largest absolute Gasteiger partial charge is 0.416 e. The zero-order valence-electron chi connectivity index (χ0n) is 33.4. The third-order valence-corrected chi connectivity index (χ3v) is 11.6. The third kappa shape index (κ3) is 6.64. The molecule has 0 unspecified atom stereocenters. The lowest BCUT2D eigenvalue weighted by atomic mass is 9.94. The van der Waals surface area contributed by atoms with Crippen LogP contribution in [0.15, 0.2) is 188 Å². The summed E-state index contributed by atoms with van der Waals surface area (Å²) in [5.74, 6) is 0.607. The second kappa shape index (κ2) is 14.8. The van der Waals surface area contributed by atoms with E-state index in [0.29, 0.717) is 16.8 Å². The number of nitrogens with zero attached hydrogens (tertiary/aromatic N) is 5. The van der Waals surface area contributed by atoms with Crippen LogP contribution in [-0.4, -0.2) is 24.1 Å². The van der Waals surface area contributed by atoms with E-state index in [9.17, 15) is 26.3 Å². The van der Waals surface area contributed by atoms with E-state index in [2.05, 4.69) is 41.0 Å². The number of fused-ring (bicyclic) bond motifs is 6. The van der Waals surface area contributed by atoms with Gasteiger partial charge in [-0.1, -0.05) is 121 Å². The van der Waals surface area contributed by atoms with Gasteiger partial charge in [-0.2, -0.15) is 26.3 Å². The zero-order valence-corrected chi connectivity index (χ0v) is 33.4. The standard InChI is InChI=1S/C53H31F6N5/c54-52(55,56)35-27-34(28-36(29-35)53(57,58)59)39-25-23-37(31-44(39)51-61-49(32-13-3-1-4-14-32)60-50(62-51)33-15-5-2-6-16-33)64-47-22-12-9-19-42(47)43-30-38(24-26-48(43)64)63-45-20-10-7-17-40(45)41-18-8-11-21-46(41)63/h1-31H. The summed E-state index contributed by atoms with van der Waals surface area (Å²) in [5, 5.41) is 4.13. The van der Waals surface area contributed by atoms with Crippen molar-refractivity contribution in [3.05, 3.63) is 199 Å². The summed E-state index contributed by atoms with van der Waals surface area (Å²) in [6, 6.07) is 55.5. The van der Waals surface area contributed by atoms with E-state index < -0.39 is 23.5 Å². The molecule has 0 aliphatic rings. The minimum Gasteiger partial charge on any atom is -0.309 e. The summed E-state index contributed by atoms with van der Waals surface area (Å²) in [5.41, 5.74) is 3.68. The Morgan fingerprint density at radius 1 is 0.312 bits per heavy atom. The average molecular weight is 852 g/mol. The van der Waals surface area contributed by atoms with Crippen LogP contribution in [0.3, 0.4) is 0 Å². The van der Waals surface area contributed by atoms with Crippen LogP contribution in [0.2, 0.25) is 0 Å². The summed E-state index contributed by atoms with van der Waals surface area (Å²) in [4.78, 5) is 14.6. The van der Waals surface area contributed by atoms with Gasteiger partial charge in [0, 0.05) is 49.6 Å². The minimum absolute atomic E-state index is 0.0601. The van der Waals surface area contributed by atoms with Gasteiger partial charge in [0.1, 0.15) is 0 Å². The van der Waals surface area contributed by atoms with Crippen LogP contribution >= 0.6 is 0 Å². The number of aromatic nitrogens is 5. The summed E-state index contributed by atoms with van der Waals surface area (Å²) < 4.78 is 90.5. The topological polar surface area (TPSA) is 48.5 Å². The van der Waals surface area contributed by atoms with Crippen LogP contribution in [0.1, 0.15) is 11.1 Å². The number of hydrogen-bond donors (Lipinski definition) is 0. The molecule has 5 nitrogen and oxygen atoms in total. The maximum atomic E-state index is 14.4. The maximum absolute atomic E-state index is 14.4.